The number of fused-ring (bicyclic) bond motifs is 1. The van der Waals surface area contributed by atoms with Crippen LogP contribution in [0, 0.1) is 17.3 Å². The van der Waals surface area contributed by atoms with Crippen molar-refractivity contribution in [3.8, 4) is 0 Å². The molecule has 2 saturated carbocycles. The smallest absolute Gasteiger partial charge is 0.0754 e. The summed E-state index contributed by atoms with van der Waals surface area (Å²) in [6.45, 7) is 7.76. The summed E-state index contributed by atoms with van der Waals surface area (Å²) in [4.78, 5) is 0. The van der Waals surface area contributed by atoms with Crippen molar-refractivity contribution >= 4 is 0 Å². The molecule has 2 rings (SSSR count). The maximum absolute atomic E-state index is 11.2. The highest BCUT2D eigenvalue weighted by atomic mass is 16.3. The Morgan fingerprint density at radius 1 is 1.17 bits per heavy atom. The number of hydrogen-bond donors (Lipinski definition) is 3. The van der Waals surface area contributed by atoms with Crippen LogP contribution in [0.1, 0.15) is 59.8 Å². The number of rotatable bonds is 1. The maximum atomic E-state index is 11.2. The van der Waals surface area contributed by atoms with Crippen molar-refractivity contribution in [2.75, 3.05) is 0 Å². The van der Waals surface area contributed by atoms with E-state index >= 15 is 0 Å². The first-order chi connectivity index (χ1) is 8.11. The first kappa shape index (κ1) is 14.3. The van der Waals surface area contributed by atoms with E-state index in [-0.39, 0.29) is 11.8 Å². The minimum atomic E-state index is -0.840. The van der Waals surface area contributed by atoms with Crippen LogP contribution in [0.15, 0.2) is 0 Å². The summed E-state index contributed by atoms with van der Waals surface area (Å²) in [7, 11) is 0. The third-order valence-corrected chi connectivity index (χ3v) is 5.98. The molecular formula is C15H28O3. The van der Waals surface area contributed by atoms with Gasteiger partial charge in [0.05, 0.1) is 17.3 Å². The van der Waals surface area contributed by atoms with Gasteiger partial charge in [0.1, 0.15) is 0 Å². The van der Waals surface area contributed by atoms with Crippen molar-refractivity contribution in [3.63, 3.8) is 0 Å². The molecule has 0 aliphatic heterocycles. The lowest BCUT2D eigenvalue weighted by Gasteiger charge is -2.60. The zero-order chi connectivity index (χ0) is 13.8. The predicted molar refractivity (Wildman–Crippen MR) is 71.1 cm³/mol. The van der Waals surface area contributed by atoms with Gasteiger partial charge in [-0.2, -0.15) is 0 Å². The molecule has 0 saturated heterocycles. The molecule has 3 N–H and O–H groups in total. The van der Waals surface area contributed by atoms with Crippen molar-refractivity contribution in [3.05, 3.63) is 0 Å². The van der Waals surface area contributed by atoms with E-state index in [1.54, 1.807) is 0 Å². The second-order valence-electron chi connectivity index (χ2n) is 7.43. The summed E-state index contributed by atoms with van der Waals surface area (Å²) in [6.07, 6.45) is 3.52. The van der Waals surface area contributed by atoms with Gasteiger partial charge in [0.2, 0.25) is 0 Å². The Bertz CT molecular complexity index is 322. The van der Waals surface area contributed by atoms with Gasteiger partial charge in [-0.15, -0.1) is 0 Å². The van der Waals surface area contributed by atoms with Crippen LogP contribution in [0.5, 0.6) is 0 Å². The molecule has 3 nitrogen and oxygen atoms in total. The average Bonchev–Trinajstić information content (AvgIpc) is 2.26. The van der Waals surface area contributed by atoms with E-state index in [4.69, 9.17) is 0 Å². The monoisotopic (exact) mass is 256 g/mol. The Hall–Kier alpha value is -0.120. The predicted octanol–water partition coefficient (Wildman–Crippen LogP) is 2.09. The van der Waals surface area contributed by atoms with E-state index in [1.165, 1.54) is 0 Å². The lowest BCUT2D eigenvalue weighted by Crippen LogP contribution is -2.64. The third-order valence-electron chi connectivity index (χ3n) is 5.98. The van der Waals surface area contributed by atoms with Gasteiger partial charge in [-0.1, -0.05) is 13.8 Å². The third kappa shape index (κ3) is 1.91. The molecule has 0 radical (unpaired) electrons. The lowest BCUT2D eigenvalue weighted by molar-refractivity contribution is -0.231. The van der Waals surface area contributed by atoms with Crippen LogP contribution in [0.4, 0.5) is 0 Å². The standard InChI is InChI=1S/C15H28O3/c1-10-5-6-12(16)14(4)8-7-11(13(2,3)17)9-15(10,14)18/h10-12,16-18H,5-9H2,1-4H3. The van der Waals surface area contributed by atoms with Gasteiger partial charge < -0.3 is 15.3 Å². The minimum absolute atomic E-state index is 0.114. The quantitative estimate of drug-likeness (QED) is 0.673. The first-order valence-electron chi connectivity index (χ1n) is 7.24. The van der Waals surface area contributed by atoms with E-state index in [9.17, 15) is 15.3 Å². The Labute approximate surface area is 110 Å². The molecule has 0 amide bonds. The van der Waals surface area contributed by atoms with Crippen molar-refractivity contribution in [1.82, 2.24) is 0 Å². The van der Waals surface area contributed by atoms with Crippen LogP contribution in [0.25, 0.3) is 0 Å². The second kappa shape index (κ2) is 4.19. The van der Waals surface area contributed by atoms with Crippen molar-refractivity contribution in [2.45, 2.75) is 77.1 Å². The van der Waals surface area contributed by atoms with Gasteiger partial charge >= 0.3 is 0 Å². The molecule has 2 aliphatic carbocycles. The first-order valence-corrected chi connectivity index (χ1v) is 7.24. The topological polar surface area (TPSA) is 60.7 Å². The van der Waals surface area contributed by atoms with Crippen LogP contribution in [0.3, 0.4) is 0 Å². The van der Waals surface area contributed by atoms with Crippen LogP contribution < -0.4 is 0 Å². The highest BCUT2D eigenvalue weighted by molar-refractivity contribution is 5.10. The van der Waals surface area contributed by atoms with E-state index in [1.807, 2.05) is 20.8 Å². The fourth-order valence-electron chi connectivity index (χ4n) is 4.19. The molecule has 106 valence electrons. The van der Waals surface area contributed by atoms with Gasteiger partial charge in [-0.05, 0) is 57.8 Å². The minimum Gasteiger partial charge on any atom is -0.392 e. The molecule has 0 heterocycles. The van der Waals surface area contributed by atoms with E-state index < -0.39 is 22.7 Å². The number of aliphatic hydroxyl groups is 3. The second-order valence-corrected chi connectivity index (χ2v) is 7.43. The van der Waals surface area contributed by atoms with Gasteiger partial charge in [0, 0.05) is 5.41 Å². The highest BCUT2D eigenvalue weighted by Crippen LogP contribution is 2.57. The van der Waals surface area contributed by atoms with E-state index in [0.29, 0.717) is 6.42 Å². The average molecular weight is 256 g/mol. The molecule has 2 aliphatic rings. The zero-order valence-electron chi connectivity index (χ0n) is 12.1. The van der Waals surface area contributed by atoms with Crippen LogP contribution in [-0.2, 0) is 0 Å². The van der Waals surface area contributed by atoms with Crippen LogP contribution >= 0.6 is 0 Å². The lowest BCUT2D eigenvalue weighted by atomic mass is 9.50. The fourth-order valence-corrected chi connectivity index (χ4v) is 4.19. The summed E-state index contributed by atoms with van der Waals surface area (Å²) >= 11 is 0. The van der Waals surface area contributed by atoms with Gasteiger partial charge in [-0.3, -0.25) is 0 Å². The van der Waals surface area contributed by atoms with Gasteiger partial charge in [0.15, 0.2) is 0 Å². The molecule has 0 aromatic carbocycles. The summed E-state index contributed by atoms with van der Waals surface area (Å²) in [5.41, 5.74) is -2.00. The highest BCUT2D eigenvalue weighted by Gasteiger charge is 2.60. The fraction of sp³-hybridized carbons (Fsp3) is 1.00. The molecule has 0 bridgehead atoms. The maximum Gasteiger partial charge on any atom is 0.0754 e. The molecule has 5 atom stereocenters. The number of hydrogen-bond acceptors (Lipinski definition) is 3. The van der Waals surface area contributed by atoms with Crippen LogP contribution in [0.2, 0.25) is 0 Å². The van der Waals surface area contributed by atoms with Gasteiger partial charge in [-0.25, -0.2) is 0 Å². The summed E-state index contributed by atoms with van der Waals surface area (Å²) in [6, 6.07) is 0. The summed E-state index contributed by atoms with van der Waals surface area (Å²) < 4.78 is 0. The molecule has 0 spiro atoms. The van der Waals surface area contributed by atoms with Crippen molar-refractivity contribution in [2.24, 2.45) is 17.3 Å². The Balaban J connectivity index is 2.31. The molecule has 5 unspecified atom stereocenters. The summed E-state index contributed by atoms with van der Waals surface area (Å²) in [5.74, 6) is 0.305. The van der Waals surface area contributed by atoms with Crippen molar-refractivity contribution < 1.29 is 15.3 Å². The molecule has 0 aromatic rings. The Kier molecular flexibility index (Phi) is 3.33. The largest absolute Gasteiger partial charge is 0.392 e. The van der Waals surface area contributed by atoms with Crippen molar-refractivity contribution in [1.29, 1.82) is 0 Å². The Morgan fingerprint density at radius 3 is 2.33 bits per heavy atom. The van der Waals surface area contributed by atoms with E-state index in [2.05, 4.69) is 6.92 Å². The molecule has 0 aromatic heterocycles. The van der Waals surface area contributed by atoms with E-state index in [0.717, 1.165) is 25.7 Å². The zero-order valence-corrected chi connectivity index (χ0v) is 12.1. The summed E-state index contributed by atoms with van der Waals surface area (Å²) in [5, 5.41) is 31.7. The van der Waals surface area contributed by atoms with Crippen LogP contribution in [-0.4, -0.2) is 32.6 Å². The Morgan fingerprint density at radius 2 is 1.78 bits per heavy atom. The molecule has 3 heteroatoms. The molecule has 18 heavy (non-hydrogen) atoms. The normalized spacial score (nSPS) is 49.8. The SMILES string of the molecule is CC1CCC(O)C2(C)CCC(C(C)(C)O)CC12O. The number of aliphatic hydroxyl groups excluding tert-OH is 1. The molecular weight excluding hydrogens is 228 g/mol. The molecule has 2 fully saturated rings. The van der Waals surface area contributed by atoms with Gasteiger partial charge in [0.25, 0.3) is 0 Å².